The number of nitro benzene ring substituents is 2. The van der Waals surface area contributed by atoms with Crippen molar-refractivity contribution >= 4 is 22.8 Å². The molecule has 1 aliphatic carbocycles. The molecule has 0 aliphatic heterocycles. The molecular formula is C13H14N4O4. The van der Waals surface area contributed by atoms with Crippen molar-refractivity contribution in [2.24, 2.45) is 11.0 Å². The molecule has 1 aliphatic rings. The van der Waals surface area contributed by atoms with Crippen LogP contribution in [0.15, 0.2) is 34.9 Å². The molecule has 0 saturated heterocycles. The van der Waals surface area contributed by atoms with E-state index in [-0.39, 0.29) is 23.0 Å². The van der Waals surface area contributed by atoms with Crippen molar-refractivity contribution in [2.45, 2.75) is 20.3 Å². The molecule has 8 heteroatoms. The van der Waals surface area contributed by atoms with Crippen molar-refractivity contribution in [1.29, 1.82) is 0 Å². The second kappa shape index (κ2) is 5.70. The number of hydrogen-bond acceptors (Lipinski definition) is 6. The number of nitrogens with zero attached hydrogens (tertiary/aromatic N) is 3. The van der Waals surface area contributed by atoms with Crippen LogP contribution >= 0.6 is 0 Å². The smallest absolute Gasteiger partial charge is 0.271 e. The number of allylic oxidation sites excluding steroid dienone is 2. The van der Waals surface area contributed by atoms with Crippen LogP contribution in [0.3, 0.4) is 0 Å². The first kappa shape index (κ1) is 14.6. The highest BCUT2D eigenvalue weighted by molar-refractivity contribution is 6.03. The van der Waals surface area contributed by atoms with Gasteiger partial charge in [0.15, 0.2) is 0 Å². The maximum atomic E-state index is 11.0. The quantitative estimate of drug-likeness (QED) is 0.675. The second-order valence-corrected chi connectivity index (χ2v) is 4.85. The number of benzene rings is 1. The van der Waals surface area contributed by atoms with E-state index in [1.807, 2.05) is 13.8 Å². The topological polar surface area (TPSA) is 111 Å². The van der Waals surface area contributed by atoms with Crippen LogP contribution < -0.4 is 5.43 Å². The minimum atomic E-state index is -0.672. The summed E-state index contributed by atoms with van der Waals surface area (Å²) in [6.45, 7) is 3.94. The maximum Gasteiger partial charge on any atom is 0.301 e. The van der Waals surface area contributed by atoms with Gasteiger partial charge in [0.25, 0.3) is 5.69 Å². The number of nitrogens with one attached hydrogen (secondary N) is 1. The van der Waals surface area contributed by atoms with E-state index in [2.05, 4.69) is 16.6 Å². The van der Waals surface area contributed by atoms with Crippen LogP contribution in [-0.4, -0.2) is 15.6 Å². The summed E-state index contributed by atoms with van der Waals surface area (Å²) in [4.78, 5) is 20.3. The zero-order valence-electron chi connectivity index (χ0n) is 11.6. The Morgan fingerprint density at radius 3 is 2.52 bits per heavy atom. The van der Waals surface area contributed by atoms with E-state index in [0.29, 0.717) is 0 Å². The van der Waals surface area contributed by atoms with Gasteiger partial charge >= 0.3 is 5.69 Å². The fourth-order valence-electron chi connectivity index (χ4n) is 2.16. The van der Waals surface area contributed by atoms with Gasteiger partial charge in [0.05, 0.1) is 21.6 Å². The summed E-state index contributed by atoms with van der Waals surface area (Å²) < 4.78 is 0. The lowest BCUT2D eigenvalue weighted by Gasteiger charge is -2.07. The predicted octanol–water partition coefficient (Wildman–Crippen LogP) is 3.26. The molecule has 0 bridgehead atoms. The SMILES string of the molecule is CC1=CC[C@@H](C)C1=NNc1ccc([N+](=O)[O-])cc1[N+](=O)[O-]. The Hall–Kier alpha value is -2.77. The highest BCUT2D eigenvalue weighted by Crippen LogP contribution is 2.29. The zero-order valence-corrected chi connectivity index (χ0v) is 11.6. The summed E-state index contributed by atoms with van der Waals surface area (Å²) >= 11 is 0. The lowest BCUT2D eigenvalue weighted by molar-refractivity contribution is -0.393. The van der Waals surface area contributed by atoms with E-state index in [9.17, 15) is 20.2 Å². The molecule has 0 spiro atoms. The Morgan fingerprint density at radius 1 is 1.29 bits per heavy atom. The Morgan fingerprint density at radius 2 is 2.00 bits per heavy atom. The van der Waals surface area contributed by atoms with Gasteiger partial charge in [-0.25, -0.2) is 0 Å². The summed E-state index contributed by atoms with van der Waals surface area (Å²) in [6.07, 6.45) is 2.93. The van der Waals surface area contributed by atoms with Gasteiger partial charge in [-0.1, -0.05) is 13.0 Å². The molecule has 0 heterocycles. The minimum Gasteiger partial charge on any atom is -0.271 e. The van der Waals surface area contributed by atoms with Gasteiger partial charge in [0.2, 0.25) is 0 Å². The van der Waals surface area contributed by atoms with Gasteiger partial charge in [0, 0.05) is 12.0 Å². The summed E-state index contributed by atoms with van der Waals surface area (Å²) in [5.74, 6) is 0.245. The molecule has 1 N–H and O–H groups in total. The first-order valence-electron chi connectivity index (χ1n) is 6.33. The molecule has 0 radical (unpaired) electrons. The number of anilines is 1. The van der Waals surface area contributed by atoms with Gasteiger partial charge in [-0.2, -0.15) is 5.10 Å². The Labute approximate surface area is 120 Å². The zero-order chi connectivity index (χ0) is 15.6. The number of non-ortho nitro benzene ring substituents is 1. The van der Waals surface area contributed by atoms with Gasteiger partial charge in [-0.15, -0.1) is 0 Å². The molecule has 0 unspecified atom stereocenters. The van der Waals surface area contributed by atoms with Crippen LogP contribution in [-0.2, 0) is 0 Å². The Balaban J connectivity index is 2.32. The van der Waals surface area contributed by atoms with E-state index in [1.54, 1.807) is 0 Å². The minimum absolute atomic E-state index is 0.130. The Bertz CT molecular complexity index is 666. The second-order valence-electron chi connectivity index (χ2n) is 4.85. The molecule has 1 aromatic rings. The van der Waals surface area contributed by atoms with E-state index in [0.717, 1.165) is 23.8 Å². The van der Waals surface area contributed by atoms with Crippen LogP contribution in [0.4, 0.5) is 17.1 Å². The van der Waals surface area contributed by atoms with Crippen LogP contribution in [0.25, 0.3) is 0 Å². The number of nitro groups is 2. The summed E-state index contributed by atoms with van der Waals surface area (Å²) in [7, 11) is 0. The van der Waals surface area contributed by atoms with Crippen LogP contribution in [0.2, 0.25) is 0 Å². The summed E-state index contributed by atoms with van der Waals surface area (Å²) in [5, 5.41) is 25.9. The van der Waals surface area contributed by atoms with Crippen LogP contribution in [0.1, 0.15) is 20.3 Å². The van der Waals surface area contributed by atoms with Crippen molar-refractivity contribution < 1.29 is 9.85 Å². The molecule has 2 rings (SSSR count). The molecule has 21 heavy (non-hydrogen) atoms. The number of hydrogen-bond donors (Lipinski definition) is 1. The predicted molar refractivity (Wildman–Crippen MR) is 78.3 cm³/mol. The molecule has 110 valence electrons. The molecule has 0 aromatic heterocycles. The molecule has 1 atom stereocenters. The average Bonchev–Trinajstić information content (AvgIpc) is 2.75. The third kappa shape index (κ3) is 3.04. The van der Waals surface area contributed by atoms with Crippen molar-refractivity contribution in [3.05, 3.63) is 50.1 Å². The summed E-state index contributed by atoms with van der Waals surface area (Å²) in [5.41, 5.74) is 3.94. The summed E-state index contributed by atoms with van der Waals surface area (Å²) in [6, 6.07) is 3.42. The molecule has 0 saturated carbocycles. The molecule has 1 aromatic carbocycles. The molecule has 0 amide bonds. The van der Waals surface area contributed by atoms with Gasteiger partial charge in [-0.05, 0) is 25.0 Å². The van der Waals surface area contributed by atoms with Gasteiger partial charge < -0.3 is 0 Å². The normalized spacial score (nSPS) is 19.4. The first-order valence-corrected chi connectivity index (χ1v) is 6.33. The lowest BCUT2D eigenvalue weighted by atomic mass is 10.1. The van der Waals surface area contributed by atoms with Crippen molar-refractivity contribution in [2.75, 3.05) is 5.43 Å². The third-order valence-electron chi connectivity index (χ3n) is 3.33. The van der Waals surface area contributed by atoms with Crippen molar-refractivity contribution in [3.63, 3.8) is 0 Å². The van der Waals surface area contributed by atoms with Gasteiger partial charge in [0.1, 0.15) is 5.69 Å². The van der Waals surface area contributed by atoms with Crippen LogP contribution in [0, 0.1) is 26.1 Å². The fraction of sp³-hybridized carbons (Fsp3) is 0.308. The largest absolute Gasteiger partial charge is 0.301 e. The van der Waals surface area contributed by atoms with E-state index in [1.165, 1.54) is 12.1 Å². The van der Waals surface area contributed by atoms with E-state index in [4.69, 9.17) is 0 Å². The van der Waals surface area contributed by atoms with E-state index < -0.39 is 9.85 Å². The maximum absolute atomic E-state index is 11.0. The fourth-order valence-corrected chi connectivity index (χ4v) is 2.16. The van der Waals surface area contributed by atoms with Crippen LogP contribution in [0.5, 0.6) is 0 Å². The van der Waals surface area contributed by atoms with E-state index >= 15 is 0 Å². The highest BCUT2D eigenvalue weighted by atomic mass is 16.6. The third-order valence-corrected chi connectivity index (χ3v) is 3.33. The van der Waals surface area contributed by atoms with Crippen molar-refractivity contribution in [1.82, 2.24) is 0 Å². The Kier molecular flexibility index (Phi) is 3.97. The molecular weight excluding hydrogens is 276 g/mol. The standard InChI is InChI=1S/C13H14N4O4/c1-8-3-4-9(2)13(8)15-14-11-6-5-10(16(18)19)7-12(11)17(20)21/h3,5-7,9,14H,4H2,1-2H3/t9-/m1/s1. The molecule has 0 fully saturated rings. The number of rotatable bonds is 4. The number of hydrazone groups is 1. The van der Waals surface area contributed by atoms with Gasteiger partial charge in [-0.3, -0.25) is 25.7 Å². The first-order chi connectivity index (χ1) is 9.90. The molecule has 8 nitrogen and oxygen atoms in total. The lowest BCUT2D eigenvalue weighted by Crippen LogP contribution is -2.09. The monoisotopic (exact) mass is 290 g/mol. The average molecular weight is 290 g/mol. The highest BCUT2D eigenvalue weighted by Gasteiger charge is 2.21. The van der Waals surface area contributed by atoms with Crippen molar-refractivity contribution in [3.8, 4) is 0 Å².